The maximum absolute atomic E-state index is 11.9. The molecule has 1 unspecified atom stereocenters. The molecule has 0 aliphatic carbocycles. The molecule has 0 bridgehead atoms. The minimum absolute atomic E-state index is 0.204. The summed E-state index contributed by atoms with van der Waals surface area (Å²) in [5.41, 5.74) is -0.840. The Morgan fingerprint density at radius 1 is 1.22 bits per heavy atom. The molecule has 1 aromatic carbocycles. The second-order valence-corrected chi connectivity index (χ2v) is 4.99. The first-order chi connectivity index (χ1) is 10.7. The molecule has 0 heterocycles. The van der Waals surface area contributed by atoms with Crippen molar-refractivity contribution in [1.29, 1.82) is 0 Å². The van der Waals surface area contributed by atoms with E-state index >= 15 is 0 Å². The van der Waals surface area contributed by atoms with Crippen LogP contribution in [0.15, 0.2) is 30.3 Å². The highest BCUT2D eigenvalue weighted by Gasteiger charge is 2.39. The zero-order chi connectivity index (χ0) is 17.5. The largest absolute Gasteiger partial charge is 0.481 e. The first kappa shape index (κ1) is 19.0. The Balaban J connectivity index is 2.69. The number of rotatable bonds is 8. The predicted octanol–water partition coefficient (Wildman–Crippen LogP) is 2.11. The fourth-order valence-corrected chi connectivity index (χ4v) is 2.10. The fraction of sp³-hybridized carbons (Fsp3) is 0.467. The van der Waals surface area contributed by atoms with Gasteiger partial charge in [-0.05, 0) is 12.0 Å². The average Bonchev–Trinajstić information content (AvgIpc) is 2.48. The van der Waals surface area contributed by atoms with Crippen LogP contribution in [0.2, 0.25) is 0 Å². The van der Waals surface area contributed by atoms with Crippen LogP contribution in [-0.2, 0) is 19.7 Å². The molecule has 1 amide bonds. The summed E-state index contributed by atoms with van der Waals surface area (Å²) in [6, 6.07) is 8.34. The van der Waals surface area contributed by atoms with Crippen LogP contribution in [0, 0.1) is 0 Å². The molecular formula is C15H18F3NO4. The van der Waals surface area contributed by atoms with Gasteiger partial charge in [0.15, 0.2) is 0 Å². The SMILES string of the molecule is CCC(CNC(=O)COCC(F)(F)F)(C(=O)O)c1ccccc1. The number of carboxylic acids is 1. The minimum atomic E-state index is -4.52. The number of nitrogens with one attached hydrogen (secondary N) is 1. The third kappa shape index (κ3) is 5.55. The fourth-order valence-electron chi connectivity index (χ4n) is 2.10. The van der Waals surface area contributed by atoms with Crippen molar-refractivity contribution >= 4 is 11.9 Å². The van der Waals surface area contributed by atoms with Crippen LogP contribution in [0.1, 0.15) is 18.9 Å². The number of aliphatic carboxylic acids is 1. The summed E-state index contributed by atoms with van der Waals surface area (Å²) in [6.45, 7) is -0.894. The van der Waals surface area contributed by atoms with Crippen molar-refractivity contribution in [3.63, 3.8) is 0 Å². The van der Waals surface area contributed by atoms with Gasteiger partial charge in [0.1, 0.15) is 18.6 Å². The number of carbonyl (C=O) groups excluding carboxylic acids is 1. The lowest BCUT2D eigenvalue weighted by Gasteiger charge is -2.29. The molecule has 0 fully saturated rings. The molecule has 0 radical (unpaired) electrons. The van der Waals surface area contributed by atoms with Gasteiger partial charge in [0, 0.05) is 6.54 Å². The van der Waals surface area contributed by atoms with Crippen molar-refractivity contribution in [3.05, 3.63) is 35.9 Å². The van der Waals surface area contributed by atoms with Crippen molar-refractivity contribution in [2.75, 3.05) is 19.8 Å². The Labute approximate surface area is 131 Å². The maximum atomic E-state index is 11.9. The van der Waals surface area contributed by atoms with Crippen LogP contribution in [0.25, 0.3) is 0 Å². The van der Waals surface area contributed by atoms with Gasteiger partial charge in [-0.25, -0.2) is 0 Å². The lowest BCUT2D eigenvalue weighted by Crippen LogP contribution is -2.47. The normalized spacial score (nSPS) is 14.1. The molecule has 1 atom stereocenters. The molecular weight excluding hydrogens is 315 g/mol. The summed E-state index contributed by atoms with van der Waals surface area (Å²) in [6.07, 6.45) is -4.31. The van der Waals surface area contributed by atoms with Crippen molar-refractivity contribution in [1.82, 2.24) is 5.32 Å². The topological polar surface area (TPSA) is 75.6 Å². The van der Waals surface area contributed by atoms with Gasteiger partial charge in [0.05, 0.1) is 0 Å². The number of alkyl halides is 3. The second kappa shape index (κ2) is 7.96. The van der Waals surface area contributed by atoms with Crippen LogP contribution >= 0.6 is 0 Å². The van der Waals surface area contributed by atoms with Gasteiger partial charge >= 0.3 is 12.1 Å². The van der Waals surface area contributed by atoms with E-state index in [4.69, 9.17) is 0 Å². The molecule has 0 spiro atoms. The first-order valence-corrected chi connectivity index (χ1v) is 6.91. The predicted molar refractivity (Wildman–Crippen MR) is 75.9 cm³/mol. The Morgan fingerprint density at radius 2 is 1.83 bits per heavy atom. The highest BCUT2D eigenvalue weighted by Crippen LogP contribution is 2.27. The Kier molecular flexibility index (Phi) is 6.56. The highest BCUT2D eigenvalue weighted by molar-refractivity contribution is 5.84. The van der Waals surface area contributed by atoms with Crippen LogP contribution in [-0.4, -0.2) is 42.9 Å². The number of halogens is 3. The van der Waals surface area contributed by atoms with E-state index in [1.807, 2.05) is 0 Å². The van der Waals surface area contributed by atoms with Gasteiger partial charge < -0.3 is 15.2 Å². The number of ether oxygens (including phenoxy) is 1. The molecule has 0 aromatic heterocycles. The van der Waals surface area contributed by atoms with E-state index in [9.17, 15) is 27.9 Å². The first-order valence-electron chi connectivity index (χ1n) is 6.91. The van der Waals surface area contributed by atoms with Crippen molar-refractivity contribution < 1.29 is 32.6 Å². The number of amides is 1. The molecule has 0 aliphatic heterocycles. The van der Waals surface area contributed by atoms with Crippen LogP contribution in [0.3, 0.4) is 0 Å². The van der Waals surface area contributed by atoms with Crippen LogP contribution in [0.5, 0.6) is 0 Å². The van der Waals surface area contributed by atoms with E-state index in [1.54, 1.807) is 37.3 Å². The molecule has 128 valence electrons. The van der Waals surface area contributed by atoms with Gasteiger partial charge in [-0.3, -0.25) is 9.59 Å². The lowest BCUT2D eigenvalue weighted by atomic mass is 9.78. The molecule has 5 nitrogen and oxygen atoms in total. The Morgan fingerprint density at radius 3 is 2.30 bits per heavy atom. The summed E-state index contributed by atoms with van der Waals surface area (Å²) in [5, 5.41) is 11.9. The minimum Gasteiger partial charge on any atom is -0.481 e. The van der Waals surface area contributed by atoms with E-state index in [2.05, 4.69) is 10.1 Å². The third-order valence-electron chi connectivity index (χ3n) is 3.43. The van der Waals surface area contributed by atoms with Gasteiger partial charge in [0.25, 0.3) is 0 Å². The lowest BCUT2D eigenvalue weighted by molar-refractivity contribution is -0.175. The molecule has 2 N–H and O–H groups in total. The Bertz CT molecular complexity index is 533. The van der Waals surface area contributed by atoms with Gasteiger partial charge in [0.2, 0.25) is 5.91 Å². The summed E-state index contributed by atoms with van der Waals surface area (Å²) in [7, 11) is 0. The van der Waals surface area contributed by atoms with E-state index in [0.717, 1.165) is 0 Å². The van der Waals surface area contributed by atoms with Crippen LogP contribution in [0.4, 0.5) is 13.2 Å². The smallest absolute Gasteiger partial charge is 0.411 e. The maximum Gasteiger partial charge on any atom is 0.411 e. The quantitative estimate of drug-likeness (QED) is 0.764. The molecule has 1 aromatic rings. The van der Waals surface area contributed by atoms with Gasteiger partial charge in [-0.1, -0.05) is 37.3 Å². The zero-order valence-electron chi connectivity index (χ0n) is 12.5. The van der Waals surface area contributed by atoms with Crippen molar-refractivity contribution in [2.24, 2.45) is 0 Å². The second-order valence-electron chi connectivity index (χ2n) is 4.99. The molecule has 1 rings (SSSR count). The number of hydrogen-bond acceptors (Lipinski definition) is 3. The van der Waals surface area contributed by atoms with Gasteiger partial charge in [-0.15, -0.1) is 0 Å². The molecule has 8 heteroatoms. The Hall–Kier alpha value is -2.09. The van der Waals surface area contributed by atoms with E-state index in [-0.39, 0.29) is 13.0 Å². The number of carboxylic acid groups (broad SMARTS) is 1. The molecule has 0 saturated carbocycles. The number of hydrogen-bond donors (Lipinski definition) is 2. The summed E-state index contributed by atoms with van der Waals surface area (Å²) >= 11 is 0. The van der Waals surface area contributed by atoms with E-state index < -0.39 is 36.7 Å². The highest BCUT2D eigenvalue weighted by atomic mass is 19.4. The molecule has 0 saturated heterocycles. The third-order valence-corrected chi connectivity index (χ3v) is 3.43. The molecule has 0 aliphatic rings. The van der Waals surface area contributed by atoms with Crippen LogP contribution < -0.4 is 5.32 Å². The summed E-state index contributed by atoms with van der Waals surface area (Å²) in [5.74, 6) is -1.92. The van der Waals surface area contributed by atoms with Gasteiger partial charge in [-0.2, -0.15) is 13.2 Å². The standard InChI is InChI=1S/C15H18F3NO4/c1-2-14(13(21)22,11-6-4-3-5-7-11)9-19-12(20)8-23-10-15(16,17)18/h3-7H,2,8-10H2,1H3,(H,19,20)(H,21,22). The average molecular weight is 333 g/mol. The van der Waals surface area contributed by atoms with Crippen molar-refractivity contribution in [2.45, 2.75) is 24.9 Å². The summed E-state index contributed by atoms with van der Waals surface area (Å²) in [4.78, 5) is 23.2. The number of carbonyl (C=O) groups is 2. The monoisotopic (exact) mass is 333 g/mol. The van der Waals surface area contributed by atoms with E-state index in [0.29, 0.717) is 5.56 Å². The summed E-state index contributed by atoms with van der Waals surface area (Å²) < 4.78 is 40.0. The zero-order valence-corrected chi connectivity index (χ0v) is 12.5. The van der Waals surface area contributed by atoms with E-state index in [1.165, 1.54) is 0 Å². The van der Waals surface area contributed by atoms with Crippen molar-refractivity contribution in [3.8, 4) is 0 Å². The number of benzene rings is 1. The molecule has 23 heavy (non-hydrogen) atoms.